The molecule has 0 saturated heterocycles. The number of nitriles is 2. The quantitative estimate of drug-likeness (QED) is 0.340. The van der Waals surface area contributed by atoms with Gasteiger partial charge in [0.1, 0.15) is 17.4 Å². The average molecular weight is 434 g/mol. The zero-order valence-electron chi connectivity index (χ0n) is 18.7. The van der Waals surface area contributed by atoms with E-state index in [1.54, 1.807) is 0 Å². The van der Waals surface area contributed by atoms with E-state index in [1.165, 1.54) is 18.0 Å². The molecule has 8 heteroatoms. The van der Waals surface area contributed by atoms with Crippen molar-refractivity contribution in [1.29, 1.82) is 10.5 Å². The average Bonchev–Trinajstić information content (AvgIpc) is 3.07. The van der Waals surface area contributed by atoms with Crippen LogP contribution < -0.4 is 4.74 Å². The Morgan fingerprint density at radius 1 is 1.19 bits per heavy atom. The molecule has 1 aromatic heterocycles. The number of likely N-dealkylation sites (N-methyl/N-ethyl adjacent to an activating group) is 1. The fourth-order valence-electron chi connectivity index (χ4n) is 3.14. The molecule has 1 heterocycles. The molecule has 2 aromatic rings. The third kappa shape index (κ3) is 5.99. The Labute approximate surface area is 187 Å². The molecule has 0 fully saturated rings. The largest absolute Gasteiger partial charge is 0.494 e. The maximum atomic E-state index is 12.3. The molecular weight excluding hydrogens is 408 g/mol. The first kappa shape index (κ1) is 24.2. The van der Waals surface area contributed by atoms with Crippen LogP contribution in [0.25, 0.3) is 11.8 Å². The van der Waals surface area contributed by atoms with E-state index in [1.807, 2.05) is 67.8 Å². The first-order chi connectivity index (χ1) is 15.3. The smallest absolute Gasteiger partial charge is 0.349 e. The molecule has 0 atom stereocenters. The number of ether oxygens (including phenoxy) is 2. The predicted octanol–water partition coefficient (Wildman–Crippen LogP) is 3.32. The highest BCUT2D eigenvalue weighted by Gasteiger charge is 2.17. The number of benzene rings is 1. The summed E-state index contributed by atoms with van der Waals surface area (Å²) in [5.74, 6) is -0.541. The van der Waals surface area contributed by atoms with Crippen molar-refractivity contribution in [2.45, 2.75) is 27.2 Å². The SMILES string of the molecule is CCOc1ccc(-n2c(C)cc(/C=C(\C#N)C(=O)OCC(=O)N(C)CCC#N)c2C)cc1. The third-order valence-corrected chi connectivity index (χ3v) is 4.83. The molecule has 0 aliphatic heterocycles. The van der Waals surface area contributed by atoms with Gasteiger partial charge in [-0.15, -0.1) is 0 Å². The summed E-state index contributed by atoms with van der Waals surface area (Å²) in [5, 5.41) is 18.0. The van der Waals surface area contributed by atoms with Crippen LogP contribution in [-0.2, 0) is 14.3 Å². The van der Waals surface area contributed by atoms with E-state index in [-0.39, 0.29) is 18.5 Å². The fraction of sp³-hybridized carbons (Fsp3) is 0.333. The van der Waals surface area contributed by atoms with Crippen molar-refractivity contribution in [3.05, 3.63) is 52.9 Å². The predicted molar refractivity (Wildman–Crippen MR) is 119 cm³/mol. The summed E-state index contributed by atoms with van der Waals surface area (Å²) in [5.41, 5.74) is 3.19. The first-order valence-electron chi connectivity index (χ1n) is 10.1. The minimum atomic E-state index is -0.875. The number of esters is 1. The van der Waals surface area contributed by atoms with E-state index in [4.69, 9.17) is 14.7 Å². The van der Waals surface area contributed by atoms with Crippen LogP contribution >= 0.6 is 0 Å². The lowest BCUT2D eigenvalue weighted by Crippen LogP contribution is -2.32. The summed E-state index contributed by atoms with van der Waals surface area (Å²) in [6.07, 6.45) is 1.64. The molecule has 0 aliphatic carbocycles. The normalized spacial score (nSPS) is 10.8. The van der Waals surface area contributed by atoms with Crippen LogP contribution in [0.15, 0.2) is 35.9 Å². The van der Waals surface area contributed by atoms with Crippen molar-refractivity contribution in [1.82, 2.24) is 9.47 Å². The van der Waals surface area contributed by atoms with E-state index in [0.717, 1.165) is 22.8 Å². The van der Waals surface area contributed by atoms with Gasteiger partial charge in [-0.25, -0.2) is 4.79 Å². The van der Waals surface area contributed by atoms with E-state index >= 15 is 0 Å². The van der Waals surface area contributed by atoms with Gasteiger partial charge in [-0.1, -0.05) is 0 Å². The summed E-state index contributed by atoms with van der Waals surface area (Å²) in [6, 6.07) is 13.3. The summed E-state index contributed by atoms with van der Waals surface area (Å²) in [4.78, 5) is 25.6. The molecule has 0 unspecified atom stereocenters. The molecule has 0 bridgehead atoms. The molecular formula is C24H26N4O4. The minimum absolute atomic E-state index is 0.184. The lowest BCUT2D eigenvalue weighted by atomic mass is 10.1. The molecule has 1 amide bonds. The van der Waals surface area contributed by atoms with Crippen molar-refractivity contribution < 1.29 is 19.1 Å². The lowest BCUT2D eigenvalue weighted by molar-refractivity contribution is -0.147. The topological polar surface area (TPSA) is 108 Å². The standard InChI is InChI=1S/C24H26N4O4/c1-5-31-22-9-7-21(8-10-22)28-17(2)13-19(18(28)3)14-20(15-26)24(30)32-16-23(29)27(4)12-6-11-25/h7-10,13-14H,5-6,12,16H2,1-4H3/b20-14+. The lowest BCUT2D eigenvalue weighted by Gasteiger charge is -2.15. The van der Waals surface area contributed by atoms with Gasteiger partial charge in [-0.05, 0) is 62.7 Å². The maximum Gasteiger partial charge on any atom is 0.349 e. The van der Waals surface area contributed by atoms with Crippen molar-refractivity contribution in [2.24, 2.45) is 0 Å². The first-order valence-corrected chi connectivity index (χ1v) is 10.1. The van der Waals surface area contributed by atoms with Crippen LogP contribution in [0.1, 0.15) is 30.3 Å². The minimum Gasteiger partial charge on any atom is -0.494 e. The van der Waals surface area contributed by atoms with Crippen LogP contribution in [0, 0.1) is 36.5 Å². The molecule has 0 aliphatic rings. The van der Waals surface area contributed by atoms with E-state index in [9.17, 15) is 14.9 Å². The van der Waals surface area contributed by atoms with Crippen LogP contribution in [0.2, 0.25) is 0 Å². The molecule has 166 valence electrons. The molecule has 0 N–H and O–H groups in total. The summed E-state index contributed by atoms with van der Waals surface area (Å²) in [6.45, 7) is 6.08. The molecule has 32 heavy (non-hydrogen) atoms. The number of carbonyl (C=O) groups excluding carboxylic acids is 2. The van der Waals surface area contributed by atoms with Crippen molar-refractivity contribution in [3.63, 3.8) is 0 Å². The Kier molecular flexibility index (Phi) is 8.62. The van der Waals surface area contributed by atoms with Gasteiger partial charge in [-0.3, -0.25) is 4.79 Å². The highest BCUT2D eigenvalue weighted by molar-refractivity contribution is 5.99. The Balaban J connectivity index is 2.18. The zero-order valence-corrected chi connectivity index (χ0v) is 18.7. The number of amides is 1. The molecule has 0 saturated carbocycles. The van der Waals surface area contributed by atoms with Gasteiger partial charge in [0, 0.05) is 30.7 Å². The summed E-state index contributed by atoms with van der Waals surface area (Å²) < 4.78 is 12.5. The number of rotatable bonds is 9. The molecule has 1 aromatic carbocycles. The Morgan fingerprint density at radius 2 is 1.88 bits per heavy atom. The van der Waals surface area contributed by atoms with Crippen LogP contribution in [0.3, 0.4) is 0 Å². The van der Waals surface area contributed by atoms with Crippen LogP contribution in [-0.4, -0.2) is 48.1 Å². The number of nitrogens with zero attached hydrogens (tertiary/aromatic N) is 4. The van der Waals surface area contributed by atoms with Gasteiger partial charge < -0.3 is 18.9 Å². The molecule has 2 rings (SSSR count). The van der Waals surface area contributed by atoms with E-state index in [0.29, 0.717) is 12.2 Å². The second-order valence-electron chi connectivity index (χ2n) is 7.06. The highest BCUT2D eigenvalue weighted by Crippen LogP contribution is 2.24. The Morgan fingerprint density at radius 3 is 2.47 bits per heavy atom. The highest BCUT2D eigenvalue weighted by atomic mass is 16.5. The fourth-order valence-corrected chi connectivity index (χ4v) is 3.14. The van der Waals surface area contributed by atoms with Crippen molar-refractivity contribution >= 4 is 18.0 Å². The van der Waals surface area contributed by atoms with Crippen LogP contribution in [0.4, 0.5) is 0 Å². The zero-order chi connectivity index (χ0) is 23.7. The number of aryl methyl sites for hydroxylation is 1. The van der Waals surface area contributed by atoms with Gasteiger partial charge in [0.15, 0.2) is 6.61 Å². The second-order valence-corrected chi connectivity index (χ2v) is 7.06. The number of hydrogen-bond acceptors (Lipinski definition) is 6. The van der Waals surface area contributed by atoms with Gasteiger partial charge in [-0.2, -0.15) is 10.5 Å². The van der Waals surface area contributed by atoms with Gasteiger partial charge in [0.25, 0.3) is 5.91 Å². The monoisotopic (exact) mass is 434 g/mol. The number of aromatic nitrogens is 1. The number of hydrogen-bond donors (Lipinski definition) is 0. The van der Waals surface area contributed by atoms with Gasteiger partial charge in [0.2, 0.25) is 0 Å². The second kappa shape index (κ2) is 11.4. The van der Waals surface area contributed by atoms with Gasteiger partial charge in [0.05, 0.1) is 19.1 Å². The van der Waals surface area contributed by atoms with Crippen LogP contribution in [0.5, 0.6) is 5.75 Å². The molecule has 0 spiro atoms. The van der Waals surface area contributed by atoms with E-state index < -0.39 is 18.5 Å². The maximum absolute atomic E-state index is 12.3. The molecule has 0 radical (unpaired) electrons. The Hall–Kier alpha value is -4.04. The Bertz CT molecular complexity index is 1080. The summed E-state index contributed by atoms with van der Waals surface area (Å²) >= 11 is 0. The third-order valence-electron chi connectivity index (χ3n) is 4.83. The van der Waals surface area contributed by atoms with Gasteiger partial charge >= 0.3 is 5.97 Å². The van der Waals surface area contributed by atoms with Crippen molar-refractivity contribution in [3.8, 4) is 23.6 Å². The summed E-state index contributed by atoms with van der Waals surface area (Å²) in [7, 11) is 1.52. The van der Waals surface area contributed by atoms with Crippen molar-refractivity contribution in [2.75, 3.05) is 26.8 Å². The molecule has 8 nitrogen and oxygen atoms in total. The number of carbonyl (C=O) groups is 2. The van der Waals surface area contributed by atoms with E-state index in [2.05, 4.69) is 0 Å².